The molecule has 2 N–H and O–H groups in total. The first-order valence-electron chi connectivity index (χ1n) is 16.1. The third-order valence-electron chi connectivity index (χ3n) is 14.4. The van der Waals surface area contributed by atoms with E-state index >= 15 is 0 Å². The summed E-state index contributed by atoms with van der Waals surface area (Å²) < 4.78 is 18.1. The zero-order valence-electron chi connectivity index (χ0n) is 26.4. The molecule has 1 heterocycles. The van der Waals surface area contributed by atoms with Crippen LogP contribution in [-0.4, -0.2) is 58.3 Å². The lowest BCUT2D eigenvalue weighted by Gasteiger charge is -2.63. The standard InChI is InChI=1S/C34H52O7/c1-18-16-21(28(30(6,7)38)40-20(3)36)41-26-25(18)31(8)14-15-34-17-33(34)13-12-24(39-19(2)35)29(4,5)22(33)10-11-23(34)32(31,9)27(26)37/h2,18,21-28,37-38H,10-17H2,1,3-9H3/t18-,21-,22+,23+,24+,25+,26+,27+,28+,31-,32-,33-,34+/m1/s1. The number of carbonyl (C=O) groups excluding carboxylic acids is 2. The molecular weight excluding hydrogens is 520 g/mol. The second-order valence-electron chi connectivity index (χ2n) is 16.7. The topological polar surface area (TPSA) is 102 Å². The van der Waals surface area contributed by atoms with Crippen LogP contribution in [0.15, 0.2) is 0 Å². The van der Waals surface area contributed by atoms with E-state index in [9.17, 15) is 19.8 Å². The van der Waals surface area contributed by atoms with Crippen LogP contribution in [0.25, 0.3) is 0 Å². The van der Waals surface area contributed by atoms with Crippen molar-refractivity contribution < 1.29 is 34.0 Å². The van der Waals surface area contributed by atoms with Gasteiger partial charge in [0.2, 0.25) is 0 Å². The quantitative estimate of drug-likeness (QED) is 0.451. The molecule has 7 nitrogen and oxygen atoms in total. The van der Waals surface area contributed by atoms with Gasteiger partial charge in [0, 0.05) is 17.8 Å². The Labute approximate surface area is 246 Å². The maximum Gasteiger partial charge on any atom is 0.311 e. The highest BCUT2D eigenvalue weighted by Gasteiger charge is 2.84. The number of hydrogen-bond donors (Lipinski definition) is 2. The van der Waals surface area contributed by atoms with Crippen molar-refractivity contribution in [3.05, 3.63) is 6.92 Å². The fourth-order valence-corrected chi connectivity index (χ4v) is 12.7. The molecular formula is C34H52O7. The van der Waals surface area contributed by atoms with Crippen LogP contribution in [0.1, 0.15) is 107 Å². The first-order chi connectivity index (χ1) is 18.9. The fourth-order valence-electron chi connectivity index (χ4n) is 12.7. The van der Waals surface area contributed by atoms with Gasteiger partial charge < -0.3 is 24.4 Å². The van der Waals surface area contributed by atoms with Crippen molar-refractivity contribution in [3.63, 3.8) is 0 Å². The maximum atomic E-state index is 12.4. The van der Waals surface area contributed by atoms with E-state index in [0.717, 1.165) is 32.1 Å². The highest BCUT2D eigenvalue weighted by atomic mass is 16.6. The number of esters is 2. The molecule has 0 aromatic carbocycles. The highest BCUT2D eigenvalue weighted by Crippen LogP contribution is 2.89. The molecule has 6 aliphatic rings. The lowest BCUT2D eigenvalue weighted by atomic mass is 9.41. The van der Waals surface area contributed by atoms with Gasteiger partial charge in [0.25, 0.3) is 0 Å². The van der Waals surface area contributed by atoms with Crippen molar-refractivity contribution in [2.24, 2.45) is 50.7 Å². The molecule has 5 aliphatic carbocycles. The summed E-state index contributed by atoms with van der Waals surface area (Å²) in [5, 5.41) is 23.3. The molecule has 0 bridgehead atoms. The normalized spacial score (nSPS) is 52.1. The molecule has 6 rings (SSSR count). The van der Waals surface area contributed by atoms with E-state index < -0.39 is 35.9 Å². The number of fused-ring (bicyclic) bond motifs is 4. The van der Waals surface area contributed by atoms with Crippen molar-refractivity contribution in [1.82, 2.24) is 0 Å². The summed E-state index contributed by atoms with van der Waals surface area (Å²) in [4.78, 5) is 23.7. The van der Waals surface area contributed by atoms with E-state index in [2.05, 4.69) is 34.6 Å². The van der Waals surface area contributed by atoms with Gasteiger partial charge in [-0.25, -0.2) is 0 Å². The van der Waals surface area contributed by atoms with Crippen LogP contribution in [-0.2, 0) is 23.8 Å². The molecule has 7 heteroatoms. The Morgan fingerprint density at radius 1 is 1.02 bits per heavy atom. The molecule has 2 radical (unpaired) electrons. The van der Waals surface area contributed by atoms with Gasteiger partial charge in [0.05, 0.1) is 30.8 Å². The lowest BCUT2D eigenvalue weighted by molar-refractivity contribution is -0.216. The Hall–Kier alpha value is -1.18. The molecule has 6 fully saturated rings. The first-order valence-corrected chi connectivity index (χ1v) is 16.1. The van der Waals surface area contributed by atoms with Crippen LogP contribution < -0.4 is 0 Å². The largest absolute Gasteiger partial charge is 0.462 e. The van der Waals surface area contributed by atoms with Gasteiger partial charge in [-0.1, -0.05) is 34.6 Å². The summed E-state index contributed by atoms with van der Waals surface area (Å²) in [5.74, 6) is 0.186. The van der Waals surface area contributed by atoms with Gasteiger partial charge in [-0.2, -0.15) is 0 Å². The van der Waals surface area contributed by atoms with Crippen LogP contribution >= 0.6 is 0 Å². The number of aliphatic hydroxyl groups excluding tert-OH is 1. The average molecular weight is 573 g/mol. The number of hydrogen-bond acceptors (Lipinski definition) is 7. The lowest BCUT2D eigenvalue weighted by Crippen LogP contribution is -2.60. The molecule has 230 valence electrons. The van der Waals surface area contributed by atoms with Crippen LogP contribution in [0.2, 0.25) is 0 Å². The Balaban J connectivity index is 1.32. The molecule has 2 spiro atoms. The summed E-state index contributed by atoms with van der Waals surface area (Å²) in [6.07, 6.45) is 5.70. The number of aliphatic hydroxyl groups is 2. The zero-order chi connectivity index (χ0) is 30.1. The monoisotopic (exact) mass is 572 g/mol. The van der Waals surface area contributed by atoms with E-state index in [4.69, 9.17) is 21.1 Å². The van der Waals surface area contributed by atoms with Crippen molar-refractivity contribution in [1.29, 1.82) is 0 Å². The Morgan fingerprint density at radius 2 is 1.66 bits per heavy atom. The summed E-state index contributed by atoms with van der Waals surface area (Å²) in [5.41, 5.74) is -1.37. The molecule has 0 aromatic heterocycles. The van der Waals surface area contributed by atoms with Crippen molar-refractivity contribution in [3.8, 4) is 0 Å². The highest BCUT2D eigenvalue weighted by molar-refractivity contribution is 5.74. The summed E-state index contributed by atoms with van der Waals surface area (Å²) in [7, 11) is 0. The molecule has 0 unspecified atom stereocenters. The predicted molar refractivity (Wildman–Crippen MR) is 152 cm³/mol. The van der Waals surface area contributed by atoms with E-state index in [0.29, 0.717) is 18.3 Å². The van der Waals surface area contributed by atoms with Gasteiger partial charge in [0.1, 0.15) is 6.10 Å². The molecule has 0 aromatic rings. The van der Waals surface area contributed by atoms with E-state index in [-0.39, 0.29) is 51.1 Å². The second kappa shape index (κ2) is 8.94. The van der Waals surface area contributed by atoms with Crippen LogP contribution in [0.3, 0.4) is 0 Å². The van der Waals surface area contributed by atoms with E-state index in [1.807, 2.05) is 0 Å². The average Bonchev–Trinajstić information content (AvgIpc) is 3.48. The van der Waals surface area contributed by atoms with Crippen LogP contribution in [0.5, 0.6) is 0 Å². The summed E-state index contributed by atoms with van der Waals surface area (Å²) in [6.45, 7) is 21.7. The Kier molecular flexibility index (Phi) is 6.51. The van der Waals surface area contributed by atoms with Crippen molar-refractivity contribution >= 4 is 11.9 Å². The zero-order valence-corrected chi connectivity index (χ0v) is 26.4. The minimum atomic E-state index is -1.26. The maximum absolute atomic E-state index is 12.4. The molecule has 41 heavy (non-hydrogen) atoms. The van der Waals surface area contributed by atoms with Gasteiger partial charge in [-0.3, -0.25) is 9.59 Å². The Morgan fingerprint density at radius 3 is 2.27 bits per heavy atom. The first kappa shape index (κ1) is 29.9. The van der Waals surface area contributed by atoms with Gasteiger partial charge in [0.15, 0.2) is 6.10 Å². The van der Waals surface area contributed by atoms with E-state index in [1.165, 1.54) is 19.8 Å². The molecule has 13 atom stereocenters. The van der Waals surface area contributed by atoms with Gasteiger partial charge in [-0.15, -0.1) is 0 Å². The summed E-state index contributed by atoms with van der Waals surface area (Å²) in [6, 6.07) is 0. The third kappa shape index (κ3) is 3.73. The van der Waals surface area contributed by atoms with Crippen LogP contribution in [0, 0.1) is 57.7 Å². The smallest absolute Gasteiger partial charge is 0.311 e. The van der Waals surface area contributed by atoms with Crippen molar-refractivity contribution in [2.45, 2.75) is 143 Å². The molecule has 1 aliphatic heterocycles. The number of rotatable bonds is 4. The van der Waals surface area contributed by atoms with Gasteiger partial charge in [-0.05, 0) is 105 Å². The molecule has 5 saturated carbocycles. The van der Waals surface area contributed by atoms with Crippen LogP contribution in [0.4, 0.5) is 0 Å². The number of ether oxygens (including phenoxy) is 3. The SMILES string of the molecule is [CH]C(=O)O[C@H]1CC[C@]23C[C@]24CC[C@]2(C)[C@@H]5[C@H](O[C@@H]([C@H](OC(C)=O)C(C)(C)O)C[C@H]5C)[C@H](O)[C@@]2(C)[C@@H]4CC[C@H]3C1(C)C. The fraction of sp³-hybridized carbons (Fsp3) is 0.912. The molecule has 1 saturated heterocycles. The summed E-state index contributed by atoms with van der Waals surface area (Å²) >= 11 is 0. The van der Waals surface area contributed by atoms with E-state index in [1.54, 1.807) is 13.8 Å². The molecule has 0 amide bonds. The minimum Gasteiger partial charge on any atom is -0.462 e. The second-order valence-corrected chi connectivity index (χ2v) is 16.7. The minimum absolute atomic E-state index is 0.0819. The third-order valence-corrected chi connectivity index (χ3v) is 14.4. The van der Waals surface area contributed by atoms with Gasteiger partial charge >= 0.3 is 11.9 Å². The van der Waals surface area contributed by atoms with Crippen molar-refractivity contribution in [2.75, 3.05) is 0 Å². The number of carbonyl (C=O) groups is 2. The predicted octanol–water partition coefficient (Wildman–Crippen LogP) is 5.13. The Bertz CT molecular complexity index is 1110.